The molecule has 4 heteroatoms. The van der Waals surface area contributed by atoms with Gasteiger partial charge in [0.05, 0.1) is 0 Å². The fourth-order valence-electron chi connectivity index (χ4n) is 0.728. The van der Waals surface area contributed by atoms with Crippen molar-refractivity contribution < 1.29 is 14.5 Å². The number of hydrogen-bond donors (Lipinski definition) is 0. The van der Waals surface area contributed by atoms with Crippen molar-refractivity contribution in [1.29, 1.82) is 0 Å². The SMILES string of the molecule is [AsH2]C1(Oc2ccccc2)OO1. The summed E-state index contributed by atoms with van der Waals surface area (Å²) in [4.78, 5) is 9.21. The topological polar surface area (TPSA) is 34.3 Å². The molecule has 0 aromatic heterocycles. The fourth-order valence-corrected chi connectivity index (χ4v) is 1.11. The first-order valence-electron chi connectivity index (χ1n) is 3.18. The minimum atomic E-state index is -0.783. The molecule has 1 saturated heterocycles. The molecule has 58 valence electrons. The van der Waals surface area contributed by atoms with E-state index in [1.165, 1.54) is 16.9 Å². The molecule has 2 rings (SSSR count). The van der Waals surface area contributed by atoms with Gasteiger partial charge in [0.2, 0.25) is 0 Å². The van der Waals surface area contributed by atoms with E-state index >= 15 is 0 Å². The third kappa shape index (κ3) is 1.74. The molecule has 11 heavy (non-hydrogen) atoms. The van der Waals surface area contributed by atoms with Gasteiger partial charge in [0.15, 0.2) is 0 Å². The summed E-state index contributed by atoms with van der Waals surface area (Å²) in [5.41, 5.74) is 0. The third-order valence-corrected chi connectivity index (χ3v) is 1.90. The Bertz CT molecular complexity index is 245. The summed E-state index contributed by atoms with van der Waals surface area (Å²) >= 11 is 1.26. The predicted molar refractivity (Wildman–Crippen MR) is 40.5 cm³/mol. The molecule has 1 aromatic carbocycles. The van der Waals surface area contributed by atoms with E-state index in [-0.39, 0.29) is 0 Å². The number of benzene rings is 1. The minimum absolute atomic E-state index is 0.759. The van der Waals surface area contributed by atoms with E-state index in [9.17, 15) is 0 Å². The molecule has 1 heterocycles. The van der Waals surface area contributed by atoms with E-state index < -0.39 is 4.76 Å². The van der Waals surface area contributed by atoms with Crippen molar-refractivity contribution in [3.05, 3.63) is 30.3 Å². The maximum atomic E-state index is 5.30. The van der Waals surface area contributed by atoms with Crippen molar-refractivity contribution >= 4 is 16.9 Å². The number of para-hydroxylation sites is 1. The predicted octanol–water partition coefficient (Wildman–Crippen LogP) is 0.272. The molecule has 1 aliphatic rings. The van der Waals surface area contributed by atoms with Crippen LogP contribution in [-0.2, 0) is 9.78 Å². The second kappa shape index (κ2) is 2.52. The van der Waals surface area contributed by atoms with E-state index in [0.717, 1.165) is 5.75 Å². The van der Waals surface area contributed by atoms with Crippen molar-refractivity contribution in [2.75, 3.05) is 0 Å². The molecule has 1 aromatic rings. The summed E-state index contributed by atoms with van der Waals surface area (Å²) in [5, 5.41) is 0. The van der Waals surface area contributed by atoms with Gasteiger partial charge in [-0.1, -0.05) is 0 Å². The average Bonchev–Trinajstić information content (AvgIpc) is 2.70. The molecule has 3 nitrogen and oxygen atoms in total. The number of rotatable bonds is 2. The van der Waals surface area contributed by atoms with Crippen LogP contribution in [0.5, 0.6) is 5.75 Å². The summed E-state index contributed by atoms with van der Waals surface area (Å²) in [7, 11) is 0. The first kappa shape index (κ1) is 7.16. The summed E-state index contributed by atoms with van der Waals surface area (Å²) in [6.07, 6.45) is 0. The van der Waals surface area contributed by atoms with Crippen LogP contribution in [0.3, 0.4) is 0 Å². The molecule has 0 saturated carbocycles. The van der Waals surface area contributed by atoms with E-state index in [0.29, 0.717) is 0 Å². The zero-order chi connectivity index (χ0) is 7.73. The molecule has 0 bridgehead atoms. The van der Waals surface area contributed by atoms with Crippen LogP contribution < -0.4 is 4.74 Å². The van der Waals surface area contributed by atoms with Gasteiger partial charge in [-0.3, -0.25) is 0 Å². The molecule has 0 N–H and O–H groups in total. The van der Waals surface area contributed by atoms with E-state index in [2.05, 4.69) is 9.78 Å². The Morgan fingerprint density at radius 2 is 1.82 bits per heavy atom. The van der Waals surface area contributed by atoms with Gasteiger partial charge in [0.1, 0.15) is 0 Å². The summed E-state index contributed by atoms with van der Waals surface area (Å²) in [6.45, 7) is 0. The van der Waals surface area contributed by atoms with Crippen LogP contribution in [0, 0.1) is 0 Å². The van der Waals surface area contributed by atoms with E-state index in [1.807, 2.05) is 30.3 Å². The van der Waals surface area contributed by atoms with Crippen LogP contribution in [0.15, 0.2) is 30.3 Å². The van der Waals surface area contributed by atoms with Gasteiger partial charge >= 0.3 is 72.2 Å². The average molecular weight is 214 g/mol. The monoisotopic (exact) mass is 214 g/mol. The van der Waals surface area contributed by atoms with Gasteiger partial charge in [-0.25, -0.2) is 0 Å². The van der Waals surface area contributed by atoms with Gasteiger partial charge in [-0.15, -0.1) is 0 Å². The third-order valence-electron chi connectivity index (χ3n) is 1.25. The number of ether oxygens (including phenoxy) is 1. The van der Waals surface area contributed by atoms with Gasteiger partial charge in [-0.05, 0) is 0 Å². The molecular formula is C7H7AsO3. The zero-order valence-corrected chi connectivity index (χ0v) is 8.11. The molecular weight excluding hydrogens is 207 g/mol. The summed E-state index contributed by atoms with van der Waals surface area (Å²) < 4.78 is 4.51. The van der Waals surface area contributed by atoms with Crippen LogP contribution in [0.4, 0.5) is 0 Å². The molecule has 1 atom stereocenters. The second-order valence-electron chi connectivity index (χ2n) is 2.19. The normalized spacial score (nSPS) is 19.4. The molecule has 0 aliphatic carbocycles. The Balaban J connectivity index is 2.07. The van der Waals surface area contributed by atoms with Crippen LogP contribution in [-0.4, -0.2) is 21.6 Å². The van der Waals surface area contributed by atoms with Gasteiger partial charge < -0.3 is 0 Å². The van der Waals surface area contributed by atoms with Crippen LogP contribution in [0.1, 0.15) is 0 Å². The Hall–Kier alpha value is -0.502. The molecule has 1 unspecified atom stereocenters. The van der Waals surface area contributed by atoms with Crippen molar-refractivity contribution in [3.63, 3.8) is 0 Å². The summed E-state index contributed by atoms with van der Waals surface area (Å²) in [5.74, 6) is 0.759. The Kier molecular flexibility index (Phi) is 1.64. The van der Waals surface area contributed by atoms with E-state index in [1.54, 1.807) is 0 Å². The first-order chi connectivity index (χ1) is 5.29. The van der Waals surface area contributed by atoms with Crippen molar-refractivity contribution in [2.24, 2.45) is 0 Å². The standard InChI is InChI=1S/C7H7AsO3/c8-7(10-11-7)9-6-4-2-1-3-5-6/h1-5H,8H2. The quantitative estimate of drug-likeness (QED) is 0.402. The van der Waals surface area contributed by atoms with E-state index in [4.69, 9.17) is 4.74 Å². The first-order valence-corrected chi connectivity index (χ1v) is 4.39. The van der Waals surface area contributed by atoms with Crippen molar-refractivity contribution in [2.45, 2.75) is 4.76 Å². The maximum absolute atomic E-state index is 5.30. The molecule has 1 aliphatic heterocycles. The fraction of sp³-hybridized carbons (Fsp3) is 0.143. The van der Waals surface area contributed by atoms with Gasteiger partial charge in [-0.2, -0.15) is 0 Å². The van der Waals surface area contributed by atoms with Crippen molar-refractivity contribution in [1.82, 2.24) is 0 Å². The zero-order valence-electron chi connectivity index (χ0n) is 5.69. The Morgan fingerprint density at radius 3 is 2.36 bits per heavy atom. The Morgan fingerprint density at radius 1 is 1.18 bits per heavy atom. The molecule has 0 radical (unpaired) electrons. The molecule has 1 fully saturated rings. The Labute approximate surface area is 72.7 Å². The molecule has 0 spiro atoms. The van der Waals surface area contributed by atoms with Crippen LogP contribution in [0.2, 0.25) is 0 Å². The van der Waals surface area contributed by atoms with Gasteiger partial charge in [0, 0.05) is 0 Å². The molecule has 0 amide bonds. The second-order valence-corrected chi connectivity index (χ2v) is 3.67. The van der Waals surface area contributed by atoms with Crippen molar-refractivity contribution in [3.8, 4) is 5.75 Å². The summed E-state index contributed by atoms with van der Waals surface area (Å²) in [6, 6.07) is 9.43. The van der Waals surface area contributed by atoms with Crippen LogP contribution >= 0.6 is 0 Å². The van der Waals surface area contributed by atoms with Gasteiger partial charge in [0.25, 0.3) is 0 Å². The number of hydrogen-bond acceptors (Lipinski definition) is 3. The van der Waals surface area contributed by atoms with Crippen LogP contribution in [0.25, 0.3) is 0 Å².